The molecule has 1 aromatic heterocycles. The van der Waals surface area contributed by atoms with E-state index in [1.54, 1.807) is 12.4 Å². The van der Waals surface area contributed by atoms with Crippen LogP contribution in [0.3, 0.4) is 0 Å². The van der Waals surface area contributed by atoms with Crippen molar-refractivity contribution in [2.24, 2.45) is 5.92 Å². The molecule has 2 heterocycles. The van der Waals surface area contributed by atoms with Crippen molar-refractivity contribution in [1.82, 2.24) is 15.0 Å². The predicted octanol–water partition coefficient (Wildman–Crippen LogP) is 0.543. The molecule has 2 N–H and O–H groups in total. The molecule has 1 aromatic rings. The van der Waals surface area contributed by atoms with Crippen LogP contribution in [0.4, 0.5) is 0 Å². The minimum atomic E-state index is -3.16. The summed E-state index contributed by atoms with van der Waals surface area (Å²) in [6.07, 6.45) is 5.97. The molecular weight excluding hydrogens is 262 g/mol. The lowest BCUT2D eigenvalue weighted by Crippen LogP contribution is -2.29. The van der Waals surface area contributed by atoms with E-state index in [1.165, 1.54) is 0 Å². The van der Waals surface area contributed by atoms with Gasteiger partial charge in [0.1, 0.15) is 0 Å². The van der Waals surface area contributed by atoms with Gasteiger partial charge in [0.25, 0.3) is 0 Å². The summed E-state index contributed by atoms with van der Waals surface area (Å²) in [5, 5.41) is 3.28. The van der Waals surface area contributed by atoms with Gasteiger partial charge < -0.3 is 5.32 Å². The van der Waals surface area contributed by atoms with Crippen LogP contribution < -0.4 is 10.0 Å². The molecule has 6 heteroatoms. The van der Waals surface area contributed by atoms with Crippen molar-refractivity contribution in [2.45, 2.75) is 19.3 Å². The van der Waals surface area contributed by atoms with Crippen LogP contribution in [0.5, 0.6) is 0 Å². The van der Waals surface area contributed by atoms with Gasteiger partial charge in [-0.05, 0) is 56.0 Å². The van der Waals surface area contributed by atoms with Gasteiger partial charge in [0, 0.05) is 18.9 Å². The van der Waals surface area contributed by atoms with E-state index >= 15 is 0 Å². The minimum Gasteiger partial charge on any atom is -0.316 e. The van der Waals surface area contributed by atoms with E-state index in [0.29, 0.717) is 18.9 Å². The first-order valence-corrected chi connectivity index (χ1v) is 8.38. The predicted molar refractivity (Wildman–Crippen MR) is 75.3 cm³/mol. The van der Waals surface area contributed by atoms with Gasteiger partial charge in [-0.3, -0.25) is 4.98 Å². The fourth-order valence-corrected chi connectivity index (χ4v) is 3.33. The highest BCUT2D eigenvalue weighted by Gasteiger charge is 2.15. The number of aryl methyl sites for hydroxylation is 1. The first-order valence-electron chi connectivity index (χ1n) is 6.73. The molecule has 0 spiro atoms. The maximum Gasteiger partial charge on any atom is 0.211 e. The van der Waals surface area contributed by atoms with Crippen LogP contribution in [0.1, 0.15) is 18.4 Å². The van der Waals surface area contributed by atoms with Crippen molar-refractivity contribution >= 4 is 10.0 Å². The summed E-state index contributed by atoms with van der Waals surface area (Å²) < 4.78 is 26.4. The molecule has 2 rings (SSSR count). The lowest BCUT2D eigenvalue weighted by Gasteiger charge is -2.10. The quantitative estimate of drug-likeness (QED) is 0.766. The Morgan fingerprint density at radius 3 is 2.84 bits per heavy atom. The van der Waals surface area contributed by atoms with Gasteiger partial charge in [0.15, 0.2) is 0 Å². The largest absolute Gasteiger partial charge is 0.316 e. The highest BCUT2D eigenvalue weighted by Crippen LogP contribution is 2.11. The Labute approximate surface area is 114 Å². The molecule has 0 radical (unpaired) electrons. The summed E-state index contributed by atoms with van der Waals surface area (Å²) in [5.41, 5.74) is 1.00. The van der Waals surface area contributed by atoms with E-state index in [-0.39, 0.29) is 5.75 Å². The molecular formula is C13H21N3O2S. The number of aromatic nitrogens is 1. The Balaban J connectivity index is 1.69. The van der Waals surface area contributed by atoms with E-state index < -0.39 is 10.0 Å². The highest BCUT2D eigenvalue weighted by atomic mass is 32.2. The van der Waals surface area contributed by atoms with Crippen molar-refractivity contribution in [3.63, 3.8) is 0 Å². The molecule has 5 nitrogen and oxygen atoms in total. The maximum atomic E-state index is 11.8. The van der Waals surface area contributed by atoms with Crippen LogP contribution in [0.2, 0.25) is 0 Å². The number of nitrogens with one attached hydrogen (secondary N) is 2. The second kappa shape index (κ2) is 6.98. The number of pyridine rings is 1. The fourth-order valence-electron chi connectivity index (χ4n) is 2.25. The zero-order chi connectivity index (χ0) is 13.6. The third-order valence-electron chi connectivity index (χ3n) is 3.45. The highest BCUT2D eigenvalue weighted by molar-refractivity contribution is 7.89. The molecule has 1 aliphatic rings. The number of nitrogens with zero attached hydrogens (tertiary/aromatic N) is 1. The van der Waals surface area contributed by atoms with Crippen molar-refractivity contribution in [1.29, 1.82) is 0 Å². The molecule has 0 aromatic carbocycles. The Bertz CT molecular complexity index is 470. The van der Waals surface area contributed by atoms with Gasteiger partial charge >= 0.3 is 0 Å². The number of hydrogen-bond acceptors (Lipinski definition) is 4. The van der Waals surface area contributed by atoms with Crippen LogP contribution in [-0.2, 0) is 16.4 Å². The molecule has 0 bridgehead atoms. The summed E-state index contributed by atoms with van der Waals surface area (Å²) in [7, 11) is -3.16. The topological polar surface area (TPSA) is 71.1 Å². The monoisotopic (exact) mass is 283 g/mol. The van der Waals surface area contributed by atoms with Crippen molar-refractivity contribution in [3.8, 4) is 0 Å². The number of sulfonamides is 1. The van der Waals surface area contributed by atoms with Gasteiger partial charge in [-0.2, -0.15) is 0 Å². The normalized spacial score (nSPS) is 19.7. The smallest absolute Gasteiger partial charge is 0.211 e. The molecule has 106 valence electrons. The average molecular weight is 283 g/mol. The minimum absolute atomic E-state index is 0.139. The molecule has 1 fully saturated rings. The third-order valence-corrected chi connectivity index (χ3v) is 4.83. The van der Waals surface area contributed by atoms with Crippen molar-refractivity contribution in [2.75, 3.05) is 25.4 Å². The summed E-state index contributed by atoms with van der Waals surface area (Å²) in [4.78, 5) is 3.91. The van der Waals surface area contributed by atoms with Crippen LogP contribution in [0.25, 0.3) is 0 Å². The lowest BCUT2D eigenvalue weighted by atomic mass is 10.1. The van der Waals surface area contributed by atoms with E-state index in [4.69, 9.17) is 0 Å². The van der Waals surface area contributed by atoms with Crippen LogP contribution in [0.15, 0.2) is 24.5 Å². The zero-order valence-electron chi connectivity index (χ0n) is 11.0. The molecule has 1 atom stereocenters. The molecule has 1 aliphatic heterocycles. The van der Waals surface area contributed by atoms with Gasteiger partial charge in [0.05, 0.1) is 5.75 Å². The summed E-state index contributed by atoms with van der Waals surface area (Å²) >= 11 is 0. The molecule has 0 amide bonds. The first kappa shape index (κ1) is 14.4. The van der Waals surface area contributed by atoms with Gasteiger partial charge in [-0.15, -0.1) is 0 Å². The SMILES string of the molecule is O=S(=O)(CCc1ccncc1)NCCC1CCNC1. The second-order valence-electron chi connectivity index (χ2n) is 4.97. The Hall–Kier alpha value is -0.980. The van der Waals surface area contributed by atoms with Crippen LogP contribution in [-0.4, -0.2) is 38.8 Å². The average Bonchev–Trinajstić information content (AvgIpc) is 2.91. The van der Waals surface area contributed by atoms with Crippen molar-refractivity contribution in [3.05, 3.63) is 30.1 Å². The van der Waals surface area contributed by atoms with E-state index in [2.05, 4.69) is 15.0 Å². The fraction of sp³-hybridized carbons (Fsp3) is 0.615. The van der Waals surface area contributed by atoms with Gasteiger partial charge in [-0.1, -0.05) is 0 Å². The maximum absolute atomic E-state index is 11.8. The Morgan fingerprint density at radius 1 is 1.37 bits per heavy atom. The molecule has 1 saturated heterocycles. The first-order chi connectivity index (χ1) is 9.16. The van der Waals surface area contributed by atoms with Crippen LogP contribution >= 0.6 is 0 Å². The van der Waals surface area contributed by atoms with Gasteiger partial charge in [-0.25, -0.2) is 13.1 Å². The Morgan fingerprint density at radius 2 is 2.16 bits per heavy atom. The van der Waals surface area contributed by atoms with E-state index in [9.17, 15) is 8.42 Å². The van der Waals surface area contributed by atoms with Gasteiger partial charge in [0.2, 0.25) is 10.0 Å². The summed E-state index contributed by atoms with van der Waals surface area (Å²) in [6, 6.07) is 3.69. The summed E-state index contributed by atoms with van der Waals surface area (Å²) in [6.45, 7) is 2.61. The molecule has 0 saturated carbocycles. The Kier molecular flexibility index (Phi) is 5.30. The second-order valence-corrected chi connectivity index (χ2v) is 6.89. The molecule has 0 aliphatic carbocycles. The van der Waals surface area contributed by atoms with E-state index in [0.717, 1.165) is 31.5 Å². The lowest BCUT2D eigenvalue weighted by molar-refractivity contribution is 0.519. The molecule has 19 heavy (non-hydrogen) atoms. The van der Waals surface area contributed by atoms with Crippen molar-refractivity contribution < 1.29 is 8.42 Å². The number of rotatable bonds is 7. The van der Waals surface area contributed by atoms with E-state index in [1.807, 2.05) is 12.1 Å². The molecule has 1 unspecified atom stereocenters. The standard InChI is InChI=1S/C13H21N3O2S/c17-19(18,10-5-12-1-6-14-7-2-12)16-9-4-13-3-8-15-11-13/h1-2,6-7,13,15-16H,3-5,8-11H2. The van der Waals surface area contributed by atoms with Crippen LogP contribution in [0, 0.1) is 5.92 Å². The third kappa shape index (κ3) is 5.26. The summed E-state index contributed by atoms with van der Waals surface area (Å²) in [5.74, 6) is 0.753. The zero-order valence-corrected chi connectivity index (χ0v) is 11.8. The number of hydrogen-bond donors (Lipinski definition) is 2.